The largest absolute Gasteiger partial charge is 0.394 e. The first-order valence-electron chi connectivity index (χ1n) is 5.91. The first kappa shape index (κ1) is 15.1. The van der Waals surface area contributed by atoms with E-state index >= 15 is 0 Å². The topological polar surface area (TPSA) is 61.4 Å². The van der Waals surface area contributed by atoms with Crippen molar-refractivity contribution in [3.63, 3.8) is 0 Å². The summed E-state index contributed by atoms with van der Waals surface area (Å²) in [7, 11) is 0. The zero-order valence-electron chi connectivity index (χ0n) is 10.7. The van der Waals surface area contributed by atoms with Gasteiger partial charge >= 0.3 is 0 Å². The fourth-order valence-electron chi connectivity index (χ4n) is 1.34. The Morgan fingerprint density at radius 1 is 1.44 bits per heavy atom. The predicted octanol–water partition coefficient (Wildman–Crippen LogP) is 2.14. The smallest absolute Gasteiger partial charge is 0.238 e. The lowest BCUT2D eigenvalue weighted by molar-refractivity contribution is -0.115. The second-order valence-corrected chi connectivity index (χ2v) is 5.31. The molecule has 4 nitrogen and oxygen atoms in total. The average molecular weight is 315 g/mol. The van der Waals surface area contributed by atoms with Gasteiger partial charge in [-0.1, -0.05) is 19.1 Å². The van der Waals surface area contributed by atoms with Gasteiger partial charge in [0.2, 0.25) is 5.91 Å². The van der Waals surface area contributed by atoms with Gasteiger partial charge in [0.25, 0.3) is 0 Å². The minimum atomic E-state index is -0.411. The summed E-state index contributed by atoms with van der Waals surface area (Å²) in [5, 5.41) is 15.1. The maximum atomic E-state index is 11.8. The zero-order chi connectivity index (χ0) is 13.6. The number of rotatable bonds is 6. The molecule has 0 radical (unpaired) electrons. The Balaban J connectivity index is 2.50. The Bertz CT molecular complexity index is 406. The third-order valence-corrected chi connectivity index (χ3v) is 3.64. The molecule has 1 aromatic carbocycles. The quantitative estimate of drug-likeness (QED) is 0.754. The van der Waals surface area contributed by atoms with E-state index in [-0.39, 0.29) is 19.1 Å². The summed E-state index contributed by atoms with van der Waals surface area (Å²) >= 11 is 3.37. The van der Waals surface area contributed by atoms with Gasteiger partial charge in [0.05, 0.1) is 18.8 Å². The second-order valence-electron chi connectivity index (χ2n) is 4.45. The van der Waals surface area contributed by atoms with E-state index in [4.69, 9.17) is 0 Å². The second kappa shape index (κ2) is 6.87. The highest BCUT2D eigenvalue weighted by molar-refractivity contribution is 9.10. The molecule has 1 aromatic rings. The van der Waals surface area contributed by atoms with Crippen molar-refractivity contribution >= 4 is 27.5 Å². The van der Waals surface area contributed by atoms with E-state index in [9.17, 15) is 9.90 Å². The summed E-state index contributed by atoms with van der Waals surface area (Å²) in [5.74, 6) is -0.130. The summed E-state index contributed by atoms with van der Waals surface area (Å²) in [6.45, 7) is 4.03. The van der Waals surface area contributed by atoms with E-state index in [0.29, 0.717) is 0 Å². The molecule has 0 saturated heterocycles. The predicted molar refractivity (Wildman–Crippen MR) is 76.6 cm³/mol. The molecule has 0 aromatic heterocycles. The maximum Gasteiger partial charge on any atom is 0.238 e. The highest BCUT2D eigenvalue weighted by Crippen LogP contribution is 2.20. The van der Waals surface area contributed by atoms with E-state index in [1.54, 1.807) is 0 Å². The summed E-state index contributed by atoms with van der Waals surface area (Å²) < 4.78 is 0.846. The molecule has 0 spiro atoms. The first-order valence-corrected chi connectivity index (χ1v) is 6.70. The monoisotopic (exact) mass is 314 g/mol. The van der Waals surface area contributed by atoms with Crippen molar-refractivity contribution in [2.24, 2.45) is 0 Å². The van der Waals surface area contributed by atoms with Crippen LogP contribution in [0.2, 0.25) is 0 Å². The van der Waals surface area contributed by atoms with Crippen LogP contribution in [0.1, 0.15) is 20.3 Å². The Labute approximate surface area is 116 Å². The van der Waals surface area contributed by atoms with Crippen LogP contribution in [-0.2, 0) is 4.79 Å². The Morgan fingerprint density at radius 3 is 2.67 bits per heavy atom. The Hall–Kier alpha value is -0.910. The molecule has 0 aliphatic rings. The molecule has 0 bridgehead atoms. The van der Waals surface area contributed by atoms with Gasteiger partial charge < -0.3 is 15.7 Å². The zero-order valence-corrected chi connectivity index (χ0v) is 12.3. The summed E-state index contributed by atoms with van der Waals surface area (Å²) in [6.07, 6.45) is 0.756. The van der Waals surface area contributed by atoms with Gasteiger partial charge in [0.15, 0.2) is 0 Å². The van der Waals surface area contributed by atoms with Crippen LogP contribution >= 0.6 is 15.9 Å². The third kappa shape index (κ3) is 4.40. The lowest BCUT2D eigenvalue weighted by Crippen LogP contribution is -2.48. The molecular weight excluding hydrogens is 296 g/mol. The molecule has 5 heteroatoms. The number of aliphatic hydroxyl groups is 1. The minimum absolute atomic E-state index is 0.00577. The van der Waals surface area contributed by atoms with Crippen molar-refractivity contribution in [2.45, 2.75) is 25.8 Å². The van der Waals surface area contributed by atoms with Gasteiger partial charge in [0, 0.05) is 10.0 Å². The SMILES string of the molecule is CCC(C)(CO)NCC(=O)Nc1ccccc1Br. The third-order valence-electron chi connectivity index (χ3n) is 2.95. The number of hydrogen-bond donors (Lipinski definition) is 3. The van der Waals surface area contributed by atoms with Crippen LogP contribution in [0, 0.1) is 0 Å². The highest BCUT2D eigenvalue weighted by atomic mass is 79.9. The number of carbonyl (C=O) groups excluding carboxylic acids is 1. The van der Waals surface area contributed by atoms with Gasteiger partial charge in [-0.2, -0.15) is 0 Å². The molecule has 0 saturated carbocycles. The normalized spacial score (nSPS) is 14.0. The van der Waals surface area contributed by atoms with E-state index in [1.165, 1.54) is 0 Å². The van der Waals surface area contributed by atoms with Gasteiger partial charge in [0.1, 0.15) is 0 Å². The van der Waals surface area contributed by atoms with Crippen molar-refractivity contribution in [3.05, 3.63) is 28.7 Å². The lowest BCUT2D eigenvalue weighted by atomic mass is 10.0. The van der Waals surface area contributed by atoms with Crippen LogP contribution < -0.4 is 10.6 Å². The molecular formula is C13H19BrN2O2. The van der Waals surface area contributed by atoms with E-state index in [2.05, 4.69) is 26.6 Å². The number of amides is 1. The van der Waals surface area contributed by atoms with Crippen LogP contribution in [0.3, 0.4) is 0 Å². The molecule has 1 atom stereocenters. The van der Waals surface area contributed by atoms with Crippen LogP contribution in [0.15, 0.2) is 28.7 Å². The maximum absolute atomic E-state index is 11.8. The summed E-state index contributed by atoms with van der Waals surface area (Å²) in [6, 6.07) is 7.44. The number of halogens is 1. The van der Waals surface area contributed by atoms with E-state index < -0.39 is 5.54 Å². The highest BCUT2D eigenvalue weighted by Gasteiger charge is 2.20. The van der Waals surface area contributed by atoms with Crippen LogP contribution in [0.5, 0.6) is 0 Å². The van der Waals surface area contributed by atoms with Gasteiger partial charge in [-0.25, -0.2) is 0 Å². The average Bonchev–Trinajstić information content (AvgIpc) is 2.39. The number of benzene rings is 1. The fourth-order valence-corrected chi connectivity index (χ4v) is 1.73. The molecule has 3 N–H and O–H groups in total. The Kier molecular flexibility index (Phi) is 5.78. The van der Waals surface area contributed by atoms with Crippen molar-refractivity contribution < 1.29 is 9.90 Å². The van der Waals surface area contributed by atoms with E-state index in [1.807, 2.05) is 38.1 Å². The van der Waals surface area contributed by atoms with Crippen molar-refractivity contribution in [3.8, 4) is 0 Å². The number of aliphatic hydroxyl groups excluding tert-OH is 1. The number of nitrogens with one attached hydrogen (secondary N) is 2. The number of hydrogen-bond acceptors (Lipinski definition) is 3. The van der Waals surface area contributed by atoms with E-state index in [0.717, 1.165) is 16.6 Å². The molecule has 0 aliphatic heterocycles. The van der Waals surface area contributed by atoms with Crippen LogP contribution in [0.4, 0.5) is 5.69 Å². The van der Waals surface area contributed by atoms with Gasteiger partial charge in [-0.3, -0.25) is 4.79 Å². The van der Waals surface area contributed by atoms with Crippen molar-refractivity contribution in [1.82, 2.24) is 5.32 Å². The number of anilines is 1. The van der Waals surface area contributed by atoms with Crippen LogP contribution in [0.25, 0.3) is 0 Å². The Morgan fingerprint density at radius 2 is 2.11 bits per heavy atom. The molecule has 18 heavy (non-hydrogen) atoms. The summed E-state index contributed by atoms with van der Waals surface area (Å²) in [5.41, 5.74) is 0.331. The summed E-state index contributed by atoms with van der Waals surface area (Å²) in [4.78, 5) is 11.8. The first-order chi connectivity index (χ1) is 8.50. The van der Waals surface area contributed by atoms with Gasteiger partial charge in [-0.05, 0) is 41.4 Å². The lowest BCUT2D eigenvalue weighted by Gasteiger charge is -2.26. The van der Waals surface area contributed by atoms with Crippen LogP contribution in [-0.4, -0.2) is 29.7 Å². The van der Waals surface area contributed by atoms with Crippen molar-refractivity contribution in [2.75, 3.05) is 18.5 Å². The molecule has 0 aliphatic carbocycles. The number of carbonyl (C=O) groups is 1. The molecule has 100 valence electrons. The standard InChI is InChI=1S/C13H19BrN2O2/c1-3-13(2,9-17)15-8-12(18)16-11-7-5-4-6-10(11)14/h4-7,15,17H,3,8-9H2,1-2H3,(H,16,18). The molecule has 1 amide bonds. The number of para-hydroxylation sites is 1. The fraction of sp³-hybridized carbons (Fsp3) is 0.462. The minimum Gasteiger partial charge on any atom is -0.394 e. The molecule has 1 rings (SSSR count). The van der Waals surface area contributed by atoms with Crippen molar-refractivity contribution in [1.29, 1.82) is 0 Å². The molecule has 0 heterocycles. The molecule has 0 fully saturated rings. The molecule has 1 unspecified atom stereocenters. The van der Waals surface area contributed by atoms with Gasteiger partial charge in [-0.15, -0.1) is 0 Å².